The van der Waals surface area contributed by atoms with Crippen LogP contribution in [0.2, 0.25) is 0 Å². The molecule has 7 nitrogen and oxygen atoms in total. The largest absolute Gasteiger partial charge is 0.496 e. The fourth-order valence-electron chi connectivity index (χ4n) is 4.88. The first-order valence-electron chi connectivity index (χ1n) is 12.0. The summed E-state index contributed by atoms with van der Waals surface area (Å²) in [6.07, 6.45) is 4.37. The zero-order chi connectivity index (χ0) is 24.7. The number of methoxy groups -OCH3 is 1. The lowest BCUT2D eigenvalue weighted by Gasteiger charge is -2.26. The van der Waals surface area contributed by atoms with Crippen LogP contribution in [0.5, 0.6) is 5.75 Å². The van der Waals surface area contributed by atoms with Gasteiger partial charge < -0.3 is 19.5 Å². The molecule has 2 aromatic carbocycles. The number of rotatable bonds is 6. The second kappa shape index (κ2) is 9.06. The number of benzene rings is 2. The van der Waals surface area contributed by atoms with E-state index in [1.165, 1.54) is 11.3 Å². The zero-order valence-electron chi connectivity index (χ0n) is 21.1. The highest BCUT2D eigenvalue weighted by Crippen LogP contribution is 2.42. The smallest absolute Gasteiger partial charge is 0.142 e. The van der Waals surface area contributed by atoms with Gasteiger partial charge >= 0.3 is 0 Å². The van der Waals surface area contributed by atoms with Crippen LogP contribution in [-0.2, 0) is 4.84 Å². The number of likely N-dealkylation sites (N-methyl/N-ethyl adjacent to an activating group) is 1. The number of hydrogen-bond acceptors (Lipinski definition) is 6. The summed E-state index contributed by atoms with van der Waals surface area (Å²) in [5.74, 6) is 1.56. The number of para-hydroxylation sites is 1. The van der Waals surface area contributed by atoms with Crippen molar-refractivity contribution in [3.05, 3.63) is 53.4 Å². The minimum absolute atomic E-state index is 0.0289. The van der Waals surface area contributed by atoms with E-state index in [-0.39, 0.29) is 5.92 Å². The number of fused-ring (bicyclic) bond motifs is 4. The molecule has 0 radical (unpaired) electrons. The van der Waals surface area contributed by atoms with Crippen molar-refractivity contribution in [3.8, 4) is 17.0 Å². The van der Waals surface area contributed by atoms with E-state index in [0.717, 1.165) is 62.6 Å². The molecular formula is C28H31N5O2. The van der Waals surface area contributed by atoms with Crippen LogP contribution in [0.15, 0.2) is 41.6 Å². The van der Waals surface area contributed by atoms with Crippen molar-refractivity contribution in [1.29, 1.82) is 0 Å². The molecule has 5 rings (SSSR count). The van der Waals surface area contributed by atoms with E-state index in [1.54, 1.807) is 7.11 Å². The third-order valence-electron chi connectivity index (χ3n) is 6.72. The first kappa shape index (κ1) is 22.9. The summed E-state index contributed by atoms with van der Waals surface area (Å²) in [4.78, 5) is 20.8. The van der Waals surface area contributed by atoms with E-state index in [1.807, 2.05) is 20.8 Å². The molecule has 4 aromatic rings. The van der Waals surface area contributed by atoms with Gasteiger partial charge in [0, 0.05) is 41.5 Å². The van der Waals surface area contributed by atoms with Gasteiger partial charge in [-0.3, -0.25) is 0 Å². The Kier molecular flexibility index (Phi) is 5.93. The van der Waals surface area contributed by atoms with Gasteiger partial charge in [-0.15, -0.1) is 0 Å². The molecular weight excluding hydrogens is 438 g/mol. The van der Waals surface area contributed by atoms with Gasteiger partial charge in [-0.05, 0) is 38.5 Å². The van der Waals surface area contributed by atoms with Gasteiger partial charge in [0.1, 0.15) is 23.8 Å². The van der Waals surface area contributed by atoms with E-state index < -0.39 is 0 Å². The number of anilines is 1. The average Bonchev–Trinajstić information content (AvgIpc) is 3.22. The van der Waals surface area contributed by atoms with E-state index in [9.17, 15) is 0 Å². The Hall–Kier alpha value is -3.87. The molecule has 0 saturated carbocycles. The van der Waals surface area contributed by atoms with Crippen molar-refractivity contribution >= 4 is 39.4 Å². The van der Waals surface area contributed by atoms with E-state index in [4.69, 9.17) is 19.5 Å². The van der Waals surface area contributed by atoms with Crippen LogP contribution >= 0.6 is 0 Å². The second-order valence-electron chi connectivity index (χ2n) is 9.01. The maximum atomic E-state index is 5.86. The van der Waals surface area contributed by atoms with Gasteiger partial charge in [0.25, 0.3) is 0 Å². The van der Waals surface area contributed by atoms with Crippen LogP contribution < -0.4 is 9.64 Å². The van der Waals surface area contributed by atoms with Crippen molar-refractivity contribution in [1.82, 2.24) is 15.0 Å². The molecule has 0 saturated heterocycles. The molecule has 1 unspecified atom stereocenters. The SMILES string of the molecule is CCO/N=C(/C)C(C)c1cc2[nH]c3nc(C)nc(-c4cccc5c4N(C)CC=C5)c3c2cc1OC. The average molecular weight is 470 g/mol. The highest BCUT2D eigenvalue weighted by Gasteiger charge is 2.23. The van der Waals surface area contributed by atoms with Crippen LogP contribution in [0, 0.1) is 6.92 Å². The van der Waals surface area contributed by atoms with E-state index >= 15 is 0 Å². The van der Waals surface area contributed by atoms with Gasteiger partial charge in [0.05, 0.1) is 29.6 Å². The van der Waals surface area contributed by atoms with Gasteiger partial charge in [0.15, 0.2) is 0 Å². The maximum absolute atomic E-state index is 5.86. The molecule has 0 amide bonds. The summed E-state index contributed by atoms with van der Waals surface area (Å²) in [6, 6.07) is 10.6. The molecule has 2 aromatic heterocycles. The van der Waals surface area contributed by atoms with Crippen LogP contribution in [0.4, 0.5) is 5.69 Å². The van der Waals surface area contributed by atoms with E-state index in [0.29, 0.717) is 6.61 Å². The van der Waals surface area contributed by atoms with Crippen molar-refractivity contribution in [2.24, 2.45) is 5.16 Å². The number of H-pyrrole nitrogens is 1. The predicted octanol–water partition coefficient (Wildman–Crippen LogP) is 6.07. The minimum atomic E-state index is 0.0289. The fraction of sp³-hybridized carbons (Fsp3) is 0.321. The molecule has 1 N–H and O–H groups in total. The molecule has 0 spiro atoms. The summed E-state index contributed by atoms with van der Waals surface area (Å²) in [5, 5.41) is 6.28. The lowest BCUT2D eigenvalue weighted by Crippen LogP contribution is -2.21. The monoisotopic (exact) mass is 469 g/mol. The normalized spacial score (nSPS) is 14.5. The number of hydrogen-bond donors (Lipinski definition) is 1. The summed E-state index contributed by atoms with van der Waals surface area (Å²) >= 11 is 0. The molecule has 0 bridgehead atoms. The number of ether oxygens (including phenoxy) is 1. The molecule has 0 fully saturated rings. The number of nitrogens with one attached hydrogen (secondary N) is 1. The minimum Gasteiger partial charge on any atom is -0.496 e. The number of aromatic nitrogens is 3. The van der Waals surface area contributed by atoms with Crippen molar-refractivity contribution in [3.63, 3.8) is 0 Å². The predicted molar refractivity (Wildman–Crippen MR) is 144 cm³/mol. The highest BCUT2D eigenvalue weighted by atomic mass is 16.6. The lowest BCUT2D eigenvalue weighted by atomic mass is 9.94. The topological polar surface area (TPSA) is 75.6 Å². The quantitative estimate of drug-likeness (QED) is 0.274. The van der Waals surface area contributed by atoms with E-state index in [2.05, 4.69) is 71.5 Å². The van der Waals surface area contributed by atoms with Crippen LogP contribution in [0.25, 0.3) is 39.3 Å². The number of nitrogens with zero attached hydrogens (tertiary/aromatic N) is 4. The number of oxime groups is 1. The summed E-state index contributed by atoms with van der Waals surface area (Å²) in [5.41, 5.74) is 8.15. The molecule has 3 heterocycles. The Morgan fingerprint density at radius 2 is 2.09 bits per heavy atom. The van der Waals surface area contributed by atoms with Gasteiger partial charge in [-0.25, -0.2) is 9.97 Å². The molecule has 0 aliphatic carbocycles. The Labute approximate surface area is 205 Å². The highest BCUT2D eigenvalue weighted by molar-refractivity contribution is 6.14. The molecule has 1 aliphatic rings. The number of aryl methyl sites for hydroxylation is 1. The van der Waals surface area contributed by atoms with Gasteiger partial charge in [-0.1, -0.05) is 42.4 Å². The lowest BCUT2D eigenvalue weighted by molar-refractivity contribution is 0.157. The van der Waals surface area contributed by atoms with Crippen molar-refractivity contribution in [2.75, 3.05) is 32.2 Å². The Balaban J connectivity index is 1.77. The standard InChI is InChI=1S/C28H31N5O2/c1-7-35-32-17(3)16(2)21-14-23-22(15-24(21)34-6)25-26(29-18(4)30-28(25)31-23)20-12-8-10-19-11-9-13-33(5)27(19)20/h8-12,14-16H,7,13H2,1-6H3,(H,29,30,31)/b32-17-. The van der Waals surface area contributed by atoms with Crippen molar-refractivity contribution < 1.29 is 9.57 Å². The molecule has 1 aliphatic heterocycles. The molecule has 35 heavy (non-hydrogen) atoms. The van der Waals surface area contributed by atoms with Crippen LogP contribution in [0.3, 0.4) is 0 Å². The summed E-state index contributed by atoms with van der Waals surface area (Å²) in [7, 11) is 3.83. The Morgan fingerprint density at radius 3 is 2.86 bits per heavy atom. The third-order valence-corrected chi connectivity index (χ3v) is 6.72. The van der Waals surface area contributed by atoms with Gasteiger partial charge in [-0.2, -0.15) is 0 Å². The Bertz CT molecular complexity index is 1480. The van der Waals surface area contributed by atoms with Crippen LogP contribution in [0.1, 0.15) is 43.6 Å². The molecule has 180 valence electrons. The summed E-state index contributed by atoms with van der Waals surface area (Å²) in [6.45, 7) is 9.36. The maximum Gasteiger partial charge on any atom is 0.142 e. The van der Waals surface area contributed by atoms with Crippen LogP contribution in [-0.4, -0.2) is 48.0 Å². The first-order valence-corrected chi connectivity index (χ1v) is 12.0. The molecule has 1 atom stereocenters. The van der Waals surface area contributed by atoms with Gasteiger partial charge in [0.2, 0.25) is 0 Å². The summed E-state index contributed by atoms with van der Waals surface area (Å²) < 4.78 is 5.86. The second-order valence-corrected chi connectivity index (χ2v) is 9.01. The Morgan fingerprint density at radius 1 is 1.26 bits per heavy atom. The fourth-order valence-corrected chi connectivity index (χ4v) is 4.88. The first-order chi connectivity index (χ1) is 16.9. The molecule has 7 heteroatoms. The third kappa shape index (κ3) is 3.91. The van der Waals surface area contributed by atoms with Crippen molar-refractivity contribution in [2.45, 2.75) is 33.6 Å². The zero-order valence-corrected chi connectivity index (χ0v) is 21.1. The number of aromatic amines is 1.